The smallest absolute Gasteiger partial charge is 0.321 e. The van der Waals surface area contributed by atoms with Crippen LogP contribution in [0.25, 0.3) is 0 Å². The summed E-state index contributed by atoms with van der Waals surface area (Å²) in [4.78, 5) is 22.0. The summed E-state index contributed by atoms with van der Waals surface area (Å²) in [5.74, 6) is 1.07. The van der Waals surface area contributed by atoms with Crippen LogP contribution in [0.3, 0.4) is 0 Å². The third-order valence-electron chi connectivity index (χ3n) is 3.84. The lowest BCUT2D eigenvalue weighted by Crippen LogP contribution is -2.32. The number of rotatable bonds is 7. The molecule has 1 aromatic carbocycles. The number of carbonyl (C=O) groups is 1. The van der Waals surface area contributed by atoms with Crippen molar-refractivity contribution in [2.75, 3.05) is 18.9 Å². The number of benzene rings is 1. The summed E-state index contributed by atoms with van der Waals surface area (Å²) in [6.45, 7) is 1.47. The van der Waals surface area contributed by atoms with Gasteiger partial charge in [-0.15, -0.1) is 0 Å². The van der Waals surface area contributed by atoms with Gasteiger partial charge >= 0.3 is 6.03 Å². The number of hydrogen-bond acceptors (Lipinski definition) is 4. The van der Waals surface area contributed by atoms with E-state index in [1.165, 1.54) is 6.20 Å². The van der Waals surface area contributed by atoms with Gasteiger partial charge in [0.2, 0.25) is 5.88 Å². The molecule has 0 aliphatic carbocycles. The Labute approximate surface area is 162 Å². The van der Waals surface area contributed by atoms with Crippen LogP contribution in [0, 0.1) is 0 Å². The van der Waals surface area contributed by atoms with Crippen molar-refractivity contribution < 1.29 is 9.53 Å². The van der Waals surface area contributed by atoms with Gasteiger partial charge in [-0.2, -0.15) is 0 Å². The first-order valence-electron chi connectivity index (χ1n) is 8.47. The van der Waals surface area contributed by atoms with Crippen molar-refractivity contribution in [2.24, 2.45) is 0 Å². The maximum absolute atomic E-state index is 12.3. The summed E-state index contributed by atoms with van der Waals surface area (Å²) in [6.07, 6.45) is 7.79. The normalized spacial score (nSPS) is 10.4. The molecule has 3 aromatic rings. The van der Waals surface area contributed by atoms with Crippen LogP contribution in [0.1, 0.15) is 6.42 Å². The second-order valence-corrected chi connectivity index (χ2v) is 6.38. The molecule has 2 aromatic heterocycles. The fraction of sp³-hybridized carbons (Fsp3) is 0.211. The zero-order valence-corrected chi connectivity index (χ0v) is 15.6. The average molecular weight is 386 g/mol. The molecule has 8 heteroatoms. The fourth-order valence-corrected chi connectivity index (χ4v) is 2.49. The van der Waals surface area contributed by atoms with Gasteiger partial charge in [0.25, 0.3) is 0 Å². The molecule has 0 unspecified atom stereocenters. The number of amides is 2. The van der Waals surface area contributed by atoms with Crippen molar-refractivity contribution in [1.82, 2.24) is 19.4 Å². The number of aromatic nitrogens is 3. The molecule has 27 heavy (non-hydrogen) atoms. The number of anilines is 1. The van der Waals surface area contributed by atoms with Crippen molar-refractivity contribution >= 4 is 23.3 Å². The lowest BCUT2D eigenvalue weighted by molar-refractivity contribution is 0.221. The third-order valence-corrected chi connectivity index (χ3v) is 4.07. The molecule has 3 rings (SSSR count). The van der Waals surface area contributed by atoms with E-state index in [1.807, 2.05) is 10.8 Å². The van der Waals surface area contributed by atoms with E-state index < -0.39 is 0 Å². The first kappa shape index (κ1) is 18.7. The van der Waals surface area contributed by atoms with E-state index >= 15 is 0 Å². The number of halogens is 1. The van der Waals surface area contributed by atoms with Crippen LogP contribution in [-0.2, 0) is 6.54 Å². The van der Waals surface area contributed by atoms with E-state index in [1.54, 1.807) is 60.9 Å². The number of carbonyl (C=O) groups excluding carboxylic acids is 1. The highest BCUT2D eigenvalue weighted by molar-refractivity contribution is 6.30. The van der Waals surface area contributed by atoms with E-state index in [9.17, 15) is 4.79 Å². The highest BCUT2D eigenvalue weighted by Crippen LogP contribution is 2.22. The van der Waals surface area contributed by atoms with Gasteiger partial charge in [-0.3, -0.25) is 0 Å². The largest absolute Gasteiger partial charge is 0.439 e. The molecular formula is C19H20ClN5O2. The molecule has 0 fully saturated rings. The summed E-state index contributed by atoms with van der Waals surface area (Å²) in [6, 6.07) is 10.3. The Hall–Kier alpha value is -3.06. The van der Waals surface area contributed by atoms with Crippen molar-refractivity contribution in [3.8, 4) is 11.6 Å². The van der Waals surface area contributed by atoms with E-state index in [0.29, 0.717) is 28.9 Å². The quantitative estimate of drug-likeness (QED) is 0.659. The lowest BCUT2D eigenvalue weighted by atomic mass is 10.3. The van der Waals surface area contributed by atoms with Gasteiger partial charge in [0.1, 0.15) is 5.75 Å². The Morgan fingerprint density at radius 3 is 2.74 bits per heavy atom. The fourth-order valence-electron chi connectivity index (χ4n) is 2.38. The molecule has 7 nitrogen and oxygen atoms in total. The number of urea groups is 1. The number of pyridine rings is 1. The molecule has 0 aliphatic rings. The van der Waals surface area contributed by atoms with Crippen LogP contribution >= 0.6 is 11.6 Å². The van der Waals surface area contributed by atoms with E-state index in [0.717, 1.165) is 13.0 Å². The standard InChI is InChI=1S/C19H20ClN5O2/c1-24(10-2-11-25-12-9-21-14-25)19(26)23-16-4-6-17(7-5-16)27-18-8-3-15(20)13-22-18/h3-9,12-14H,2,10-11H2,1H3,(H,23,26). The van der Waals surface area contributed by atoms with Crippen LogP contribution in [-0.4, -0.2) is 39.1 Å². The van der Waals surface area contributed by atoms with Gasteiger partial charge in [-0.1, -0.05) is 11.6 Å². The van der Waals surface area contributed by atoms with Gasteiger partial charge in [0, 0.05) is 50.5 Å². The number of nitrogens with one attached hydrogen (secondary N) is 1. The predicted molar refractivity (Wildman–Crippen MR) is 104 cm³/mol. The van der Waals surface area contributed by atoms with E-state index in [2.05, 4.69) is 15.3 Å². The molecule has 0 aliphatic heterocycles. The van der Waals surface area contributed by atoms with E-state index in [4.69, 9.17) is 16.3 Å². The monoisotopic (exact) mass is 385 g/mol. The molecule has 140 valence electrons. The molecule has 0 radical (unpaired) electrons. The van der Waals surface area contributed by atoms with Crippen molar-refractivity contribution in [1.29, 1.82) is 0 Å². The van der Waals surface area contributed by atoms with Crippen LogP contribution in [0.15, 0.2) is 61.3 Å². The summed E-state index contributed by atoms with van der Waals surface area (Å²) in [5, 5.41) is 3.41. The lowest BCUT2D eigenvalue weighted by Gasteiger charge is -2.18. The highest BCUT2D eigenvalue weighted by Gasteiger charge is 2.09. The number of aryl methyl sites for hydroxylation is 1. The van der Waals surface area contributed by atoms with Crippen LogP contribution in [0.4, 0.5) is 10.5 Å². The molecule has 0 spiro atoms. The first-order chi connectivity index (χ1) is 13.1. The number of imidazole rings is 1. The van der Waals surface area contributed by atoms with E-state index in [-0.39, 0.29) is 6.03 Å². The topological polar surface area (TPSA) is 72.3 Å². The Morgan fingerprint density at radius 2 is 2.07 bits per heavy atom. The summed E-state index contributed by atoms with van der Waals surface area (Å²) in [7, 11) is 1.77. The minimum Gasteiger partial charge on any atom is -0.439 e. The Morgan fingerprint density at radius 1 is 1.26 bits per heavy atom. The molecule has 0 saturated carbocycles. The Bertz CT molecular complexity index is 851. The highest BCUT2D eigenvalue weighted by atomic mass is 35.5. The first-order valence-corrected chi connectivity index (χ1v) is 8.85. The molecular weight excluding hydrogens is 366 g/mol. The zero-order chi connectivity index (χ0) is 19.1. The number of ether oxygens (including phenoxy) is 1. The van der Waals surface area contributed by atoms with Gasteiger partial charge in [0.05, 0.1) is 11.3 Å². The molecule has 0 atom stereocenters. The average Bonchev–Trinajstić information content (AvgIpc) is 3.18. The van der Waals surface area contributed by atoms with Gasteiger partial charge < -0.3 is 19.5 Å². The maximum Gasteiger partial charge on any atom is 0.321 e. The van der Waals surface area contributed by atoms with Crippen LogP contribution in [0.5, 0.6) is 11.6 Å². The molecule has 0 bridgehead atoms. The summed E-state index contributed by atoms with van der Waals surface area (Å²) < 4.78 is 7.62. The number of nitrogens with zero attached hydrogens (tertiary/aromatic N) is 4. The van der Waals surface area contributed by atoms with Crippen LogP contribution < -0.4 is 10.1 Å². The minimum absolute atomic E-state index is 0.159. The van der Waals surface area contributed by atoms with Crippen molar-refractivity contribution in [3.05, 3.63) is 66.3 Å². The third kappa shape index (κ3) is 5.72. The summed E-state index contributed by atoms with van der Waals surface area (Å²) in [5.41, 5.74) is 0.692. The Kier molecular flexibility index (Phi) is 6.27. The van der Waals surface area contributed by atoms with Crippen molar-refractivity contribution in [2.45, 2.75) is 13.0 Å². The number of hydrogen-bond donors (Lipinski definition) is 1. The zero-order valence-electron chi connectivity index (χ0n) is 14.9. The SMILES string of the molecule is CN(CCCn1ccnc1)C(=O)Nc1ccc(Oc2ccc(Cl)cn2)cc1. The molecule has 0 saturated heterocycles. The molecule has 1 N–H and O–H groups in total. The van der Waals surface area contributed by atoms with Crippen molar-refractivity contribution in [3.63, 3.8) is 0 Å². The van der Waals surface area contributed by atoms with Gasteiger partial charge in [-0.05, 0) is 36.8 Å². The molecule has 2 heterocycles. The van der Waals surface area contributed by atoms with Gasteiger partial charge in [-0.25, -0.2) is 14.8 Å². The maximum atomic E-state index is 12.3. The van der Waals surface area contributed by atoms with Crippen LogP contribution in [0.2, 0.25) is 5.02 Å². The minimum atomic E-state index is -0.159. The second kappa shape index (κ2) is 9.05. The Balaban J connectivity index is 1.46. The second-order valence-electron chi connectivity index (χ2n) is 5.95. The summed E-state index contributed by atoms with van der Waals surface area (Å²) >= 11 is 5.80. The predicted octanol–water partition coefficient (Wildman–Crippen LogP) is 4.28. The molecule has 2 amide bonds. The van der Waals surface area contributed by atoms with Gasteiger partial charge in [0.15, 0.2) is 0 Å².